The van der Waals surface area contributed by atoms with E-state index in [0.29, 0.717) is 18.5 Å². The average Bonchev–Trinajstić information content (AvgIpc) is 2.81. The fourth-order valence-electron chi connectivity index (χ4n) is 4.22. The lowest BCUT2D eigenvalue weighted by molar-refractivity contribution is -0.146. The SMILES string of the molecule is O=C(C[C@H]1CC[C@H]2[C@@H](COC[C@@H](O)CN2S(=O)(=O)c2cccc(F)c2)O1)NCc1ccncn1. The first-order chi connectivity index (χ1) is 16.3. The van der Waals surface area contributed by atoms with Gasteiger partial charge < -0.3 is 19.9 Å². The Morgan fingerprint density at radius 2 is 2.12 bits per heavy atom. The van der Waals surface area contributed by atoms with Crippen LogP contribution in [0.4, 0.5) is 4.39 Å². The molecule has 2 saturated heterocycles. The molecule has 0 aliphatic carbocycles. The molecule has 1 aromatic heterocycles. The van der Waals surface area contributed by atoms with Crippen molar-refractivity contribution in [2.45, 2.75) is 55.1 Å². The molecule has 2 fully saturated rings. The number of aromatic nitrogens is 2. The van der Waals surface area contributed by atoms with Gasteiger partial charge in [-0.05, 0) is 37.1 Å². The van der Waals surface area contributed by atoms with Crippen molar-refractivity contribution in [2.75, 3.05) is 19.8 Å². The van der Waals surface area contributed by atoms with Gasteiger partial charge in [-0.3, -0.25) is 4.79 Å². The van der Waals surface area contributed by atoms with Crippen molar-refractivity contribution < 1.29 is 32.2 Å². The van der Waals surface area contributed by atoms with Gasteiger partial charge in [0.1, 0.15) is 12.1 Å². The molecule has 0 spiro atoms. The van der Waals surface area contributed by atoms with Crippen LogP contribution >= 0.6 is 0 Å². The second kappa shape index (κ2) is 10.8. The lowest BCUT2D eigenvalue weighted by Gasteiger charge is -2.43. The molecule has 2 N–H and O–H groups in total. The highest BCUT2D eigenvalue weighted by Crippen LogP contribution is 2.31. The molecule has 0 bridgehead atoms. The maximum absolute atomic E-state index is 13.7. The van der Waals surface area contributed by atoms with Crippen LogP contribution in [0.3, 0.4) is 0 Å². The van der Waals surface area contributed by atoms with Gasteiger partial charge in [0.25, 0.3) is 0 Å². The highest BCUT2D eigenvalue weighted by Gasteiger charge is 2.43. The van der Waals surface area contributed by atoms with Crippen molar-refractivity contribution in [2.24, 2.45) is 0 Å². The molecule has 2 aliphatic rings. The van der Waals surface area contributed by atoms with E-state index in [1.165, 1.54) is 28.8 Å². The predicted molar refractivity (Wildman–Crippen MR) is 117 cm³/mol. The number of hydrogen-bond acceptors (Lipinski definition) is 8. The second-order valence-corrected chi connectivity index (χ2v) is 10.2. The zero-order chi connectivity index (χ0) is 24.1. The van der Waals surface area contributed by atoms with E-state index in [-0.39, 0.29) is 43.5 Å². The first-order valence-corrected chi connectivity index (χ1v) is 12.5. The Morgan fingerprint density at radius 1 is 1.26 bits per heavy atom. The molecule has 4 rings (SSSR count). The normalized spacial score (nSPS) is 26.2. The summed E-state index contributed by atoms with van der Waals surface area (Å²) in [6.45, 7) is 0.0655. The molecular weight excluding hydrogens is 467 g/mol. The van der Waals surface area contributed by atoms with Crippen LogP contribution in [0.15, 0.2) is 47.8 Å². The first kappa shape index (κ1) is 24.6. The van der Waals surface area contributed by atoms with E-state index in [4.69, 9.17) is 9.47 Å². The zero-order valence-electron chi connectivity index (χ0n) is 18.4. The lowest BCUT2D eigenvalue weighted by atomic mass is 9.96. The number of nitrogens with zero attached hydrogens (tertiary/aromatic N) is 3. The van der Waals surface area contributed by atoms with Gasteiger partial charge in [-0.1, -0.05) is 6.07 Å². The van der Waals surface area contributed by atoms with Crippen LogP contribution in [0, 0.1) is 5.82 Å². The number of carbonyl (C=O) groups excluding carboxylic acids is 1. The minimum absolute atomic E-state index is 0.0637. The third kappa shape index (κ3) is 5.94. The van der Waals surface area contributed by atoms with E-state index in [2.05, 4.69) is 15.3 Å². The number of amides is 1. The summed E-state index contributed by atoms with van der Waals surface area (Å²) in [5.41, 5.74) is 0.679. The third-order valence-corrected chi connectivity index (χ3v) is 7.75. The smallest absolute Gasteiger partial charge is 0.243 e. The van der Waals surface area contributed by atoms with Crippen LogP contribution in [0.1, 0.15) is 25.0 Å². The zero-order valence-corrected chi connectivity index (χ0v) is 19.2. The van der Waals surface area contributed by atoms with Crippen LogP contribution in [-0.4, -0.2) is 77.8 Å². The summed E-state index contributed by atoms with van der Waals surface area (Å²) in [5, 5.41) is 13.0. The fraction of sp³-hybridized carbons (Fsp3) is 0.500. The summed E-state index contributed by atoms with van der Waals surface area (Å²) in [6.07, 6.45) is 1.85. The van der Waals surface area contributed by atoms with Gasteiger partial charge in [0, 0.05) is 12.7 Å². The minimum Gasteiger partial charge on any atom is -0.389 e. The Balaban J connectivity index is 1.44. The largest absolute Gasteiger partial charge is 0.389 e. The molecule has 0 unspecified atom stereocenters. The molecule has 1 amide bonds. The van der Waals surface area contributed by atoms with Gasteiger partial charge in [-0.2, -0.15) is 4.31 Å². The number of fused-ring (bicyclic) bond motifs is 1. The number of benzene rings is 1. The standard InChI is InChI=1S/C22H27FN4O6S/c23-15-2-1-3-19(8-15)34(30,31)27-11-17(28)12-32-13-21-20(27)5-4-18(33-21)9-22(29)25-10-16-6-7-24-14-26-16/h1-3,6-8,14,17-18,20-21,28H,4-5,9-13H2,(H,25,29)/t17-,18+,20-,21+/m0/s1. The number of ether oxygens (including phenoxy) is 2. The Hall–Kier alpha value is -2.51. The molecule has 3 heterocycles. The maximum Gasteiger partial charge on any atom is 0.243 e. The molecule has 12 heteroatoms. The summed E-state index contributed by atoms with van der Waals surface area (Å²) >= 11 is 0. The van der Waals surface area contributed by atoms with E-state index < -0.39 is 40.2 Å². The average molecular weight is 495 g/mol. The van der Waals surface area contributed by atoms with Crippen molar-refractivity contribution in [1.82, 2.24) is 19.6 Å². The summed E-state index contributed by atoms with van der Waals surface area (Å²) in [5.74, 6) is -0.880. The lowest BCUT2D eigenvalue weighted by Crippen LogP contribution is -2.57. The highest BCUT2D eigenvalue weighted by atomic mass is 32.2. The Labute approximate surface area is 197 Å². The summed E-state index contributed by atoms with van der Waals surface area (Å²) in [6, 6.07) is 5.86. The molecular formula is C22H27FN4O6S. The van der Waals surface area contributed by atoms with Gasteiger partial charge >= 0.3 is 0 Å². The molecule has 2 aromatic rings. The van der Waals surface area contributed by atoms with Crippen molar-refractivity contribution in [3.63, 3.8) is 0 Å². The molecule has 4 atom stereocenters. The number of halogens is 1. The minimum atomic E-state index is -4.10. The maximum atomic E-state index is 13.7. The molecule has 10 nitrogen and oxygen atoms in total. The highest BCUT2D eigenvalue weighted by molar-refractivity contribution is 7.89. The predicted octanol–water partition coefficient (Wildman–Crippen LogP) is 0.620. The topological polar surface area (TPSA) is 131 Å². The van der Waals surface area contributed by atoms with E-state index >= 15 is 0 Å². The van der Waals surface area contributed by atoms with Crippen LogP contribution in [0.5, 0.6) is 0 Å². The van der Waals surface area contributed by atoms with E-state index in [0.717, 1.165) is 6.07 Å². The van der Waals surface area contributed by atoms with E-state index in [1.807, 2.05) is 0 Å². The van der Waals surface area contributed by atoms with Crippen LogP contribution in [0.25, 0.3) is 0 Å². The summed E-state index contributed by atoms with van der Waals surface area (Å²) < 4.78 is 53.3. The molecule has 34 heavy (non-hydrogen) atoms. The number of sulfonamides is 1. The number of β-amino-alcohol motifs (C(OH)–C–C–N with tert-alkyl or cyclic N) is 1. The monoisotopic (exact) mass is 494 g/mol. The van der Waals surface area contributed by atoms with Crippen molar-refractivity contribution in [3.05, 3.63) is 54.4 Å². The van der Waals surface area contributed by atoms with Crippen molar-refractivity contribution >= 4 is 15.9 Å². The number of aliphatic hydroxyl groups excluding tert-OH is 1. The summed E-state index contributed by atoms with van der Waals surface area (Å²) in [4.78, 5) is 20.1. The molecule has 0 radical (unpaired) electrons. The van der Waals surface area contributed by atoms with Gasteiger partial charge in [-0.15, -0.1) is 0 Å². The Morgan fingerprint density at radius 3 is 2.88 bits per heavy atom. The Bertz CT molecular complexity index is 1090. The molecule has 184 valence electrons. The number of aliphatic hydroxyl groups is 1. The van der Waals surface area contributed by atoms with Crippen molar-refractivity contribution in [3.8, 4) is 0 Å². The fourth-order valence-corrected chi connectivity index (χ4v) is 5.97. The Kier molecular flexibility index (Phi) is 7.84. The number of nitrogens with one attached hydrogen (secondary N) is 1. The first-order valence-electron chi connectivity index (χ1n) is 11.0. The number of hydrogen-bond donors (Lipinski definition) is 2. The number of rotatable bonds is 6. The summed E-state index contributed by atoms with van der Waals surface area (Å²) in [7, 11) is -4.10. The quantitative estimate of drug-likeness (QED) is 0.598. The van der Waals surface area contributed by atoms with Gasteiger partial charge in [-0.25, -0.2) is 22.8 Å². The van der Waals surface area contributed by atoms with Gasteiger partial charge in [0.15, 0.2) is 0 Å². The molecule has 1 aromatic carbocycles. The molecule has 0 saturated carbocycles. The third-order valence-electron chi connectivity index (χ3n) is 5.86. The molecule has 2 aliphatic heterocycles. The van der Waals surface area contributed by atoms with Crippen LogP contribution in [0.2, 0.25) is 0 Å². The van der Waals surface area contributed by atoms with E-state index in [9.17, 15) is 22.7 Å². The van der Waals surface area contributed by atoms with E-state index in [1.54, 1.807) is 12.3 Å². The van der Waals surface area contributed by atoms with Gasteiger partial charge in [0.05, 0.1) is 61.1 Å². The second-order valence-electron chi connectivity index (χ2n) is 8.35. The van der Waals surface area contributed by atoms with Crippen molar-refractivity contribution in [1.29, 1.82) is 0 Å². The van der Waals surface area contributed by atoms with Crippen LogP contribution < -0.4 is 5.32 Å². The van der Waals surface area contributed by atoms with Gasteiger partial charge in [0.2, 0.25) is 15.9 Å². The number of carbonyl (C=O) groups is 1. The van der Waals surface area contributed by atoms with Crippen LogP contribution in [-0.2, 0) is 30.8 Å².